The Bertz CT molecular complexity index is 767. The number of carbonyl (C=O) groups is 2. The molecule has 0 bridgehead atoms. The van der Waals surface area contributed by atoms with Gasteiger partial charge in [0.15, 0.2) is 0 Å². The molecule has 2 N–H and O–H groups in total. The second-order valence-electron chi connectivity index (χ2n) is 6.02. The van der Waals surface area contributed by atoms with Crippen molar-refractivity contribution in [3.05, 3.63) is 70.2 Å². The van der Waals surface area contributed by atoms with Crippen LogP contribution >= 0.6 is 23.4 Å². The van der Waals surface area contributed by atoms with E-state index in [0.717, 1.165) is 16.9 Å². The minimum absolute atomic E-state index is 0.194. The van der Waals surface area contributed by atoms with E-state index in [2.05, 4.69) is 10.6 Å². The molecule has 0 saturated carbocycles. The lowest BCUT2D eigenvalue weighted by molar-refractivity contribution is -0.123. The first-order valence-electron chi connectivity index (χ1n) is 8.38. The molecule has 2 rings (SSSR count). The minimum Gasteiger partial charge on any atom is -0.350 e. The predicted molar refractivity (Wildman–Crippen MR) is 109 cm³/mol. The van der Waals surface area contributed by atoms with Gasteiger partial charge in [-0.1, -0.05) is 41.4 Å². The number of benzene rings is 2. The van der Waals surface area contributed by atoms with Gasteiger partial charge < -0.3 is 10.6 Å². The van der Waals surface area contributed by atoms with Crippen LogP contribution in [0.3, 0.4) is 0 Å². The maximum Gasteiger partial charge on any atom is 0.251 e. The van der Waals surface area contributed by atoms with Gasteiger partial charge in [0.25, 0.3) is 5.91 Å². The molecule has 0 aliphatic rings. The smallest absolute Gasteiger partial charge is 0.251 e. The maximum atomic E-state index is 12.6. The predicted octanol–water partition coefficient (Wildman–Crippen LogP) is 3.82. The first kappa shape index (κ1) is 20.3. The van der Waals surface area contributed by atoms with E-state index < -0.39 is 6.04 Å². The molecule has 26 heavy (non-hydrogen) atoms. The molecule has 2 amide bonds. The Morgan fingerprint density at radius 1 is 1.15 bits per heavy atom. The molecule has 0 spiro atoms. The molecule has 0 heterocycles. The number of nitrogens with one attached hydrogen (secondary N) is 2. The van der Waals surface area contributed by atoms with Crippen LogP contribution in [0.25, 0.3) is 0 Å². The van der Waals surface area contributed by atoms with Crippen LogP contribution in [0.15, 0.2) is 48.5 Å². The molecule has 0 radical (unpaired) electrons. The summed E-state index contributed by atoms with van der Waals surface area (Å²) in [6.45, 7) is 2.30. The summed E-state index contributed by atoms with van der Waals surface area (Å²) in [6, 6.07) is 14.1. The van der Waals surface area contributed by atoms with Crippen LogP contribution < -0.4 is 10.6 Å². The highest BCUT2D eigenvalue weighted by molar-refractivity contribution is 7.98. The molecule has 1 unspecified atom stereocenters. The van der Waals surface area contributed by atoms with Crippen LogP contribution in [0, 0.1) is 6.92 Å². The Morgan fingerprint density at radius 2 is 1.92 bits per heavy atom. The van der Waals surface area contributed by atoms with E-state index in [1.54, 1.807) is 23.9 Å². The molecule has 1 atom stereocenters. The second kappa shape index (κ2) is 10.2. The highest BCUT2D eigenvalue weighted by Crippen LogP contribution is 2.11. The fourth-order valence-electron chi connectivity index (χ4n) is 2.49. The third kappa shape index (κ3) is 6.39. The van der Waals surface area contributed by atoms with Gasteiger partial charge in [-0.05, 0) is 55.2 Å². The molecule has 0 aliphatic carbocycles. The monoisotopic (exact) mass is 390 g/mol. The van der Waals surface area contributed by atoms with E-state index in [1.165, 1.54) is 0 Å². The number of hydrogen-bond acceptors (Lipinski definition) is 3. The molecule has 0 saturated heterocycles. The van der Waals surface area contributed by atoms with Crippen molar-refractivity contribution in [2.24, 2.45) is 0 Å². The average molecular weight is 391 g/mol. The van der Waals surface area contributed by atoms with E-state index in [-0.39, 0.29) is 11.8 Å². The van der Waals surface area contributed by atoms with Crippen molar-refractivity contribution in [1.82, 2.24) is 10.6 Å². The van der Waals surface area contributed by atoms with E-state index in [9.17, 15) is 9.59 Å². The van der Waals surface area contributed by atoms with E-state index in [4.69, 9.17) is 11.6 Å². The molecule has 0 aromatic heterocycles. The van der Waals surface area contributed by atoms with Crippen LogP contribution in [-0.2, 0) is 11.3 Å². The Labute approximate surface area is 163 Å². The molecule has 2 aromatic rings. The third-order valence-corrected chi connectivity index (χ3v) is 4.75. The maximum absolute atomic E-state index is 12.6. The Morgan fingerprint density at radius 3 is 2.62 bits per heavy atom. The number of hydrogen-bond donors (Lipinski definition) is 2. The average Bonchev–Trinajstić information content (AvgIpc) is 2.63. The van der Waals surface area contributed by atoms with Gasteiger partial charge in [-0.25, -0.2) is 0 Å². The van der Waals surface area contributed by atoms with Crippen molar-refractivity contribution in [3.63, 3.8) is 0 Å². The van der Waals surface area contributed by atoms with E-state index in [0.29, 0.717) is 23.6 Å². The van der Waals surface area contributed by atoms with Crippen molar-refractivity contribution in [2.45, 2.75) is 25.9 Å². The number of carbonyl (C=O) groups excluding carboxylic acids is 2. The summed E-state index contributed by atoms with van der Waals surface area (Å²) in [7, 11) is 0. The highest BCUT2D eigenvalue weighted by Gasteiger charge is 2.21. The molecular weight excluding hydrogens is 368 g/mol. The van der Waals surface area contributed by atoms with Gasteiger partial charge in [-0.2, -0.15) is 11.8 Å². The molecule has 6 heteroatoms. The van der Waals surface area contributed by atoms with Gasteiger partial charge in [0.2, 0.25) is 5.91 Å². The summed E-state index contributed by atoms with van der Waals surface area (Å²) < 4.78 is 0. The number of aryl methyl sites for hydroxylation is 1. The zero-order valence-corrected chi connectivity index (χ0v) is 16.5. The molecule has 0 aliphatic heterocycles. The third-order valence-electron chi connectivity index (χ3n) is 3.87. The van der Waals surface area contributed by atoms with Gasteiger partial charge in [-0.15, -0.1) is 0 Å². The number of halogens is 1. The molecule has 0 fully saturated rings. The van der Waals surface area contributed by atoms with Gasteiger partial charge in [0.05, 0.1) is 0 Å². The van der Waals surface area contributed by atoms with Crippen molar-refractivity contribution >= 4 is 35.2 Å². The lowest BCUT2D eigenvalue weighted by Crippen LogP contribution is -2.46. The lowest BCUT2D eigenvalue weighted by Gasteiger charge is -2.18. The Balaban J connectivity index is 2.00. The number of rotatable bonds is 8. The van der Waals surface area contributed by atoms with E-state index >= 15 is 0 Å². The van der Waals surface area contributed by atoms with Crippen molar-refractivity contribution < 1.29 is 9.59 Å². The lowest BCUT2D eigenvalue weighted by atomic mass is 10.1. The minimum atomic E-state index is -0.574. The van der Waals surface area contributed by atoms with Crippen LogP contribution in [0.2, 0.25) is 5.02 Å². The van der Waals surface area contributed by atoms with Crippen molar-refractivity contribution in [1.29, 1.82) is 0 Å². The molecule has 2 aromatic carbocycles. The van der Waals surface area contributed by atoms with E-state index in [1.807, 2.05) is 49.6 Å². The summed E-state index contributed by atoms with van der Waals surface area (Å²) in [6.07, 6.45) is 2.55. The summed E-state index contributed by atoms with van der Waals surface area (Å²) in [4.78, 5) is 25.1. The van der Waals surface area contributed by atoms with Gasteiger partial charge >= 0.3 is 0 Å². The highest BCUT2D eigenvalue weighted by atomic mass is 35.5. The summed E-state index contributed by atoms with van der Waals surface area (Å²) >= 11 is 7.61. The Kier molecular flexibility index (Phi) is 8.01. The summed E-state index contributed by atoms with van der Waals surface area (Å²) in [5.74, 6) is 0.348. The summed E-state index contributed by atoms with van der Waals surface area (Å²) in [5, 5.41) is 6.36. The standard InChI is InChI=1S/C20H23ClN2O2S/c1-14-5-3-7-16(11-14)19(24)23-18(9-10-26-2)20(25)22-13-15-6-4-8-17(21)12-15/h3-8,11-12,18H,9-10,13H2,1-2H3,(H,22,25)(H,23,24). The Hall–Kier alpha value is -1.98. The quantitative estimate of drug-likeness (QED) is 0.720. The molecular formula is C20H23ClN2O2S. The van der Waals surface area contributed by atoms with Gasteiger partial charge in [0.1, 0.15) is 6.04 Å². The second-order valence-corrected chi connectivity index (χ2v) is 7.45. The van der Waals surface area contributed by atoms with Gasteiger partial charge in [0, 0.05) is 17.1 Å². The fourth-order valence-corrected chi connectivity index (χ4v) is 3.18. The normalized spacial score (nSPS) is 11.7. The zero-order valence-electron chi connectivity index (χ0n) is 14.9. The largest absolute Gasteiger partial charge is 0.350 e. The van der Waals surface area contributed by atoms with Crippen LogP contribution in [0.4, 0.5) is 0 Å². The SMILES string of the molecule is CSCCC(NC(=O)c1cccc(C)c1)C(=O)NCc1cccc(Cl)c1. The van der Waals surface area contributed by atoms with Gasteiger partial charge in [-0.3, -0.25) is 9.59 Å². The summed E-state index contributed by atoms with van der Waals surface area (Å²) in [5.41, 5.74) is 2.48. The number of amides is 2. The fraction of sp³-hybridized carbons (Fsp3) is 0.300. The first-order valence-corrected chi connectivity index (χ1v) is 10.2. The molecule has 4 nitrogen and oxygen atoms in total. The van der Waals surface area contributed by atoms with Crippen molar-refractivity contribution in [2.75, 3.05) is 12.0 Å². The number of thioether (sulfide) groups is 1. The molecule has 138 valence electrons. The van der Waals surface area contributed by atoms with Crippen LogP contribution in [0.1, 0.15) is 27.9 Å². The first-order chi connectivity index (χ1) is 12.5. The zero-order chi connectivity index (χ0) is 18.9. The van der Waals surface area contributed by atoms with Crippen LogP contribution in [-0.4, -0.2) is 29.9 Å². The topological polar surface area (TPSA) is 58.2 Å². The van der Waals surface area contributed by atoms with Crippen LogP contribution in [0.5, 0.6) is 0 Å². The van der Waals surface area contributed by atoms with Crippen molar-refractivity contribution in [3.8, 4) is 0 Å².